The van der Waals surface area contributed by atoms with Gasteiger partial charge in [-0.2, -0.15) is 5.10 Å². The molecule has 0 saturated heterocycles. The first-order chi connectivity index (χ1) is 12.3. The van der Waals surface area contributed by atoms with Crippen molar-refractivity contribution in [1.82, 2.24) is 35.3 Å². The minimum atomic E-state index is -0.285. The number of nitrogens with one attached hydrogen (secondary N) is 1. The van der Waals surface area contributed by atoms with Gasteiger partial charge in [0.2, 0.25) is 5.91 Å². The molecule has 25 heavy (non-hydrogen) atoms. The largest absolute Gasteiger partial charge is 0.351 e. The van der Waals surface area contributed by atoms with Crippen LogP contribution >= 0.6 is 0 Å². The summed E-state index contributed by atoms with van der Waals surface area (Å²) < 4.78 is 3.54. The lowest BCUT2D eigenvalue weighted by Crippen LogP contribution is -2.30. The number of rotatable bonds is 4. The predicted octanol–water partition coefficient (Wildman–Crippen LogP) is 1.44. The van der Waals surface area contributed by atoms with Gasteiger partial charge in [-0.05, 0) is 47.0 Å². The van der Waals surface area contributed by atoms with Crippen LogP contribution in [0, 0.1) is 0 Å². The van der Waals surface area contributed by atoms with Crippen LogP contribution in [0.1, 0.15) is 36.6 Å². The molecule has 0 unspecified atom stereocenters. The number of hydrogen-bond acceptors (Lipinski definition) is 5. The summed E-state index contributed by atoms with van der Waals surface area (Å²) in [7, 11) is 0. The maximum Gasteiger partial charge on any atom is 0.231 e. The van der Waals surface area contributed by atoms with Gasteiger partial charge in [0.15, 0.2) is 5.82 Å². The second-order valence-electron chi connectivity index (χ2n) is 6.15. The maximum atomic E-state index is 12.7. The lowest BCUT2D eigenvalue weighted by molar-refractivity contribution is -0.123. The molecule has 128 valence electrons. The van der Waals surface area contributed by atoms with E-state index in [0.717, 1.165) is 37.1 Å². The molecule has 3 heterocycles. The highest BCUT2D eigenvalue weighted by molar-refractivity contribution is 5.82. The van der Waals surface area contributed by atoms with Crippen LogP contribution in [0.3, 0.4) is 0 Å². The maximum absolute atomic E-state index is 12.7. The Morgan fingerprint density at radius 1 is 1.28 bits per heavy atom. The Labute approximate surface area is 144 Å². The van der Waals surface area contributed by atoms with E-state index in [4.69, 9.17) is 0 Å². The third-order valence-electron chi connectivity index (χ3n) is 4.45. The molecule has 0 bridgehead atoms. The molecule has 8 nitrogen and oxygen atoms in total. The van der Waals surface area contributed by atoms with Gasteiger partial charge in [-0.1, -0.05) is 18.6 Å². The molecule has 8 heteroatoms. The molecule has 1 N–H and O–H groups in total. The molecule has 1 aromatic carbocycles. The van der Waals surface area contributed by atoms with E-state index in [2.05, 4.69) is 25.9 Å². The molecule has 2 aromatic heterocycles. The van der Waals surface area contributed by atoms with E-state index in [0.29, 0.717) is 12.4 Å². The highest BCUT2D eigenvalue weighted by Gasteiger charge is 2.28. The number of aryl methyl sites for hydroxylation is 1. The van der Waals surface area contributed by atoms with Crippen LogP contribution in [0.15, 0.2) is 42.7 Å². The molecule has 1 aliphatic heterocycles. The van der Waals surface area contributed by atoms with Crippen LogP contribution in [-0.2, 0) is 17.9 Å². The topological polar surface area (TPSA) is 90.5 Å². The lowest BCUT2D eigenvalue weighted by atomic mass is 10.0. The Balaban J connectivity index is 1.45. The van der Waals surface area contributed by atoms with E-state index in [1.807, 2.05) is 36.5 Å². The molecule has 4 rings (SSSR count). The zero-order chi connectivity index (χ0) is 17.1. The van der Waals surface area contributed by atoms with Crippen molar-refractivity contribution in [2.24, 2.45) is 0 Å². The molecule has 1 atom stereocenters. The fourth-order valence-electron chi connectivity index (χ4n) is 3.15. The first-order valence-electron chi connectivity index (χ1n) is 8.44. The zero-order valence-electron chi connectivity index (χ0n) is 13.7. The fourth-order valence-corrected chi connectivity index (χ4v) is 3.15. The van der Waals surface area contributed by atoms with E-state index in [1.165, 1.54) is 0 Å². The van der Waals surface area contributed by atoms with Crippen molar-refractivity contribution in [3.8, 4) is 5.69 Å². The number of benzene rings is 1. The molecule has 1 aliphatic rings. The van der Waals surface area contributed by atoms with Crippen molar-refractivity contribution in [3.05, 3.63) is 54.1 Å². The van der Waals surface area contributed by atoms with Crippen molar-refractivity contribution in [2.45, 2.75) is 38.3 Å². The average Bonchev–Trinajstić information content (AvgIpc) is 3.29. The number of hydrogen-bond donors (Lipinski definition) is 1. The van der Waals surface area contributed by atoms with Crippen LogP contribution in [0.25, 0.3) is 5.69 Å². The Morgan fingerprint density at radius 3 is 3.12 bits per heavy atom. The molecule has 0 spiro atoms. The summed E-state index contributed by atoms with van der Waals surface area (Å²) in [6, 6.07) is 9.84. The van der Waals surface area contributed by atoms with Gasteiger partial charge in [0, 0.05) is 25.5 Å². The molecular formula is C17H19N7O. The minimum Gasteiger partial charge on any atom is -0.351 e. The van der Waals surface area contributed by atoms with Gasteiger partial charge in [-0.25, -0.2) is 9.36 Å². The summed E-state index contributed by atoms with van der Waals surface area (Å²) in [6.45, 7) is 1.24. The number of amides is 1. The van der Waals surface area contributed by atoms with E-state index in [1.54, 1.807) is 15.6 Å². The number of carbonyl (C=O) groups excluding carboxylic acids is 1. The van der Waals surface area contributed by atoms with Crippen LogP contribution < -0.4 is 5.32 Å². The molecule has 0 fully saturated rings. The molecular weight excluding hydrogens is 318 g/mol. The second kappa shape index (κ2) is 6.84. The van der Waals surface area contributed by atoms with Crippen LogP contribution in [-0.4, -0.2) is 35.9 Å². The van der Waals surface area contributed by atoms with Gasteiger partial charge in [-0.3, -0.25) is 4.79 Å². The number of fused-ring (bicyclic) bond motifs is 1. The molecule has 0 radical (unpaired) electrons. The zero-order valence-corrected chi connectivity index (χ0v) is 13.7. The van der Waals surface area contributed by atoms with Gasteiger partial charge in [-0.15, -0.1) is 5.10 Å². The van der Waals surface area contributed by atoms with Gasteiger partial charge < -0.3 is 5.32 Å². The average molecular weight is 337 g/mol. The van der Waals surface area contributed by atoms with E-state index < -0.39 is 0 Å². The van der Waals surface area contributed by atoms with E-state index in [9.17, 15) is 4.79 Å². The minimum absolute atomic E-state index is 0.0255. The number of tetrazole rings is 1. The quantitative estimate of drug-likeness (QED) is 0.778. The van der Waals surface area contributed by atoms with Gasteiger partial charge >= 0.3 is 0 Å². The van der Waals surface area contributed by atoms with Crippen molar-refractivity contribution < 1.29 is 4.79 Å². The van der Waals surface area contributed by atoms with Crippen LogP contribution in [0.4, 0.5) is 0 Å². The fraction of sp³-hybridized carbons (Fsp3) is 0.353. The summed E-state index contributed by atoms with van der Waals surface area (Å²) in [5.74, 6) is 0.356. The normalized spacial score (nSPS) is 16.9. The van der Waals surface area contributed by atoms with Gasteiger partial charge in [0.25, 0.3) is 0 Å². The molecule has 1 amide bonds. The second-order valence-corrected chi connectivity index (χ2v) is 6.15. The van der Waals surface area contributed by atoms with Crippen LogP contribution in [0.5, 0.6) is 0 Å². The number of carbonyl (C=O) groups is 1. The Kier molecular flexibility index (Phi) is 4.24. The molecule has 3 aromatic rings. The number of nitrogens with zero attached hydrogens (tertiary/aromatic N) is 6. The lowest BCUT2D eigenvalue weighted by Gasteiger charge is -2.14. The van der Waals surface area contributed by atoms with Crippen molar-refractivity contribution in [1.29, 1.82) is 0 Å². The summed E-state index contributed by atoms with van der Waals surface area (Å²) in [5, 5.41) is 19.0. The monoisotopic (exact) mass is 337 g/mol. The van der Waals surface area contributed by atoms with Gasteiger partial charge in [0.1, 0.15) is 0 Å². The molecule has 0 aliphatic carbocycles. The smallest absolute Gasteiger partial charge is 0.231 e. The summed E-state index contributed by atoms with van der Waals surface area (Å²) >= 11 is 0. The Bertz CT molecular complexity index is 856. The van der Waals surface area contributed by atoms with E-state index >= 15 is 0 Å². The van der Waals surface area contributed by atoms with Crippen LogP contribution in [0.2, 0.25) is 0 Å². The third kappa shape index (κ3) is 3.28. The summed E-state index contributed by atoms with van der Waals surface area (Å²) in [5.41, 5.74) is 1.99. The highest BCUT2D eigenvalue weighted by Crippen LogP contribution is 2.24. The summed E-state index contributed by atoms with van der Waals surface area (Å²) in [4.78, 5) is 12.7. The van der Waals surface area contributed by atoms with Gasteiger partial charge in [0.05, 0.1) is 11.6 Å². The standard InChI is InChI=1S/C17H19N7O/c25-17(15-7-1-2-9-24-16(15)20-21-22-24)18-12-13-5-3-6-14(11-13)23-10-4-8-19-23/h3-6,8,10-11,15H,1-2,7,9,12H2,(H,18,25)/t15-/m1/s1. The SMILES string of the molecule is O=C(NCc1cccc(-n2cccn2)c1)[C@@H]1CCCCn2nnnc21. The highest BCUT2D eigenvalue weighted by atomic mass is 16.1. The molecule has 0 saturated carbocycles. The Morgan fingerprint density at radius 2 is 2.24 bits per heavy atom. The predicted molar refractivity (Wildman–Crippen MR) is 89.8 cm³/mol. The van der Waals surface area contributed by atoms with Crippen molar-refractivity contribution in [2.75, 3.05) is 0 Å². The third-order valence-corrected chi connectivity index (χ3v) is 4.45. The van der Waals surface area contributed by atoms with Crippen molar-refractivity contribution >= 4 is 5.91 Å². The van der Waals surface area contributed by atoms with Crippen molar-refractivity contribution in [3.63, 3.8) is 0 Å². The Hall–Kier alpha value is -3.03. The number of aromatic nitrogens is 6. The first-order valence-corrected chi connectivity index (χ1v) is 8.44. The first kappa shape index (κ1) is 15.5. The van der Waals surface area contributed by atoms with E-state index in [-0.39, 0.29) is 11.8 Å². The summed E-state index contributed by atoms with van der Waals surface area (Å²) in [6.07, 6.45) is 6.39.